The molecule has 1 unspecified atom stereocenters. The summed E-state index contributed by atoms with van der Waals surface area (Å²) in [7, 11) is 1.60. The van der Waals surface area contributed by atoms with Crippen LogP contribution in [0.1, 0.15) is 50.1 Å². The van der Waals surface area contributed by atoms with Gasteiger partial charge in [0.2, 0.25) is 16.9 Å². The highest BCUT2D eigenvalue weighted by molar-refractivity contribution is 7.15. The number of hydrogen-bond acceptors (Lipinski definition) is 6. The van der Waals surface area contributed by atoms with Crippen molar-refractivity contribution >= 4 is 34.4 Å². The van der Waals surface area contributed by atoms with Crippen LogP contribution < -0.4 is 15.4 Å². The molecule has 2 amide bonds. The minimum absolute atomic E-state index is 0.335. The second-order valence-electron chi connectivity index (χ2n) is 6.28. The summed E-state index contributed by atoms with van der Waals surface area (Å²) in [6, 6.07) is 6.60. The Morgan fingerprint density at radius 3 is 2.46 bits per heavy atom. The highest BCUT2D eigenvalue weighted by Gasteiger charge is 2.18. The first-order valence-corrected chi connectivity index (χ1v) is 10.0. The van der Waals surface area contributed by atoms with Crippen molar-refractivity contribution in [3.63, 3.8) is 0 Å². The lowest BCUT2D eigenvalue weighted by Gasteiger charge is -2.11. The number of aromatic nitrogens is 2. The Morgan fingerprint density at radius 1 is 1.18 bits per heavy atom. The van der Waals surface area contributed by atoms with Gasteiger partial charge in [-0.3, -0.25) is 14.9 Å². The van der Waals surface area contributed by atoms with Crippen LogP contribution >= 0.6 is 11.3 Å². The summed E-state index contributed by atoms with van der Waals surface area (Å²) in [5.74, 6) is 0.409. The van der Waals surface area contributed by atoms with Gasteiger partial charge in [-0.1, -0.05) is 37.3 Å². The van der Waals surface area contributed by atoms with E-state index in [0.29, 0.717) is 11.0 Å². The highest BCUT2D eigenvalue weighted by atomic mass is 32.1. The van der Waals surface area contributed by atoms with Gasteiger partial charge in [-0.25, -0.2) is 0 Å². The molecule has 28 heavy (non-hydrogen) atoms. The largest absolute Gasteiger partial charge is 0.497 e. The van der Waals surface area contributed by atoms with Crippen molar-refractivity contribution in [2.75, 3.05) is 12.4 Å². The average molecular weight is 403 g/mol. The van der Waals surface area contributed by atoms with Gasteiger partial charge in [-0.15, -0.1) is 10.2 Å². The molecule has 2 N–H and O–H groups in total. The van der Waals surface area contributed by atoms with Crippen LogP contribution in [0.4, 0.5) is 5.13 Å². The molecule has 0 fully saturated rings. The van der Waals surface area contributed by atoms with Crippen molar-refractivity contribution in [2.24, 2.45) is 0 Å². The molecule has 0 saturated carbocycles. The van der Waals surface area contributed by atoms with Crippen LogP contribution in [0.3, 0.4) is 0 Å². The van der Waals surface area contributed by atoms with Crippen molar-refractivity contribution in [3.8, 4) is 5.75 Å². The first-order valence-electron chi connectivity index (χ1n) is 9.23. The fourth-order valence-corrected chi connectivity index (χ4v) is 3.53. The molecule has 1 aromatic carbocycles. The zero-order valence-corrected chi connectivity index (χ0v) is 17.4. The molecule has 8 heteroatoms. The van der Waals surface area contributed by atoms with Gasteiger partial charge >= 0.3 is 0 Å². The number of hydrogen-bond donors (Lipinski definition) is 2. The summed E-state index contributed by atoms with van der Waals surface area (Å²) in [5.41, 5.74) is 0.857. The number of nitrogens with one attached hydrogen (secondary N) is 2. The maximum atomic E-state index is 12.3. The minimum Gasteiger partial charge on any atom is -0.497 e. The predicted octanol–water partition coefficient (Wildman–Crippen LogP) is 3.61. The molecule has 0 saturated heterocycles. The fourth-order valence-electron chi connectivity index (χ4n) is 2.52. The van der Waals surface area contributed by atoms with Crippen LogP contribution in [-0.4, -0.2) is 35.2 Å². The lowest BCUT2D eigenvalue weighted by Crippen LogP contribution is -2.40. The number of ether oxygens (including phenoxy) is 1. The summed E-state index contributed by atoms with van der Waals surface area (Å²) in [4.78, 5) is 24.3. The standard InChI is InChI=1S/C20H26N4O3S/c1-5-15(6-2)19-23-24-20(28-19)22-18(26)13(3)21-17(25)12-9-14-7-10-16(27-4)11-8-14/h7-13,15H,5-6H2,1-4H3,(H,21,25)(H,22,24,26)/b12-9+. The maximum Gasteiger partial charge on any atom is 0.248 e. The molecule has 2 aromatic rings. The zero-order valence-electron chi connectivity index (χ0n) is 16.6. The third kappa shape index (κ3) is 6.16. The minimum atomic E-state index is -0.700. The van der Waals surface area contributed by atoms with Crippen molar-refractivity contribution < 1.29 is 14.3 Å². The number of rotatable bonds is 9. The van der Waals surface area contributed by atoms with Gasteiger partial charge in [0.15, 0.2) is 0 Å². The first-order chi connectivity index (χ1) is 13.5. The Bertz CT molecular complexity index is 813. The van der Waals surface area contributed by atoms with Gasteiger partial charge in [-0.05, 0) is 43.5 Å². The Kier molecular flexibility index (Phi) is 8.13. The molecule has 2 rings (SSSR count). The lowest BCUT2D eigenvalue weighted by atomic mass is 10.1. The van der Waals surface area contributed by atoms with E-state index in [1.165, 1.54) is 17.4 Å². The Balaban J connectivity index is 1.87. The topological polar surface area (TPSA) is 93.2 Å². The molecule has 0 spiro atoms. The monoisotopic (exact) mass is 402 g/mol. The summed E-state index contributed by atoms with van der Waals surface area (Å²) in [5, 5.41) is 14.9. The van der Waals surface area contributed by atoms with Crippen molar-refractivity contribution in [1.29, 1.82) is 0 Å². The van der Waals surface area contributed by atoms with E-state index in [4.69, 9.17) is 4.74 Å². The highest BCUT2D eigenvalue weighted by Crippen LogP contribution is 2.28. The van der Waals surface area contributed by atoms with Crippen LogP contribution in [0, 0.1) is 0 Å². The second kappa shape index (κ2) is 10.6. The number of carbonyl (C=O) groups is 2. The normalized spacial score (nSPS) is 12.2. The summed E-state index contributed by atoms with van der Waals surface area (Å²) in [6.45, 7) is 5.83. The van der Waals surface area contributed by atoms with E-state index >= 15 is 0 Å². The Hall–Kier alpha value is -2.74. The smallest absolute Gasteiger partial charge is 0.248 e. The molecule has 0 radical (unpaired) electrons. The molecule has 0 bridgehead atoms. The number of carbonyl (C=O) groups excluding carboxylic acids is 2. The number of anilines is 1. The maximum absolute atomic E-state index is 12.3. The first kappa shape index (κ1) is 21.6. The SMILES string of the molecule is CCC(CC)c1nnc(NC(=O)C(C)NC(=O)/C=C/c2ccc(OC)cc2)s1. The third-order valence-electron chi connectivity index (χ3n) is 4.30. The van der Waals surface area contributed by atoms with Crippen LogP contribution in [0.25, 0.3) is 6.08 Å². The van der Waals surface area contributed by atoms with E-state index in [0.717, 1.165) is 29.2 Å². The lowest BCUT2D eigenvalue weighted by molar-refractivity contribution is -0.123. The summed E-state index contributed by atoms with van der Waals surface area (Å²) >= 11 is 1.37. The molecule has 7 nitrogen and oxygen atoms in total. The molecule has 0 aliphatic rings. The van der Waals surface area contributed by atoms with E-state index < -0.39 is 6.04 Å². The van der Waals surface area contributed by atoms with Gasteiger partial charge in [0.05, 0.1) is 7.11 Å². The Morgan fingerprint density at radius 2 is 1.86 bits per heavy atom. The molecule has 1 heterocycles. The van der Waals surface area contributed by atoms with Gasteiger partial charge in [0, 0.05) is 12.0 Å². The Labute approximate surface area is 169 Å². The molecule has 1 aromatic heterocycles. The van der Waals surface area contributed by atoms with Crippen molar-refractivity contribution in [1.82, 2.24) is 15.5 Å². The van der Waals surface area contributed by atoms with E-state index in [2.05, 4.69) is 34.7 Å². The third-order valence-corrected chi connectivity index (χ3v) is 5.30. The zero-order chi connectivity index (χ0) is 20.5. The second-order valence-corrected chi connectivity index (χ2v) is 7.29. The number of methoxy groups -OCH3 is 1. The summed E-state index contributed by atoms with van der Waals surface area (Å²) < 4.78 is 5.09. The van der Waals surface area contributed by atoms with Crippen LogP contribution in [-0.2, 0) is 9.59 Å². The van der Waals surface area contributed by atoms with Gasteiger partial charge in [0.1, 0.15) is 16.8 Å². The van der Waals surface area contributed by atoms with Crippen molar-refractivity contribution in [3.05, 3.63) is 40.9 Å². The van der Waals surface area contributed by atoms with Crippen LogP contribution in [0.2, 0.25) is 0 Å². The molecule has 0 aliphatic heterocycles. The van der Waals surface area contributed by atoms with Gasteiger partial charge in [-0.2, -0.15) is 0 Å². The van der Waals surface area contributed by atoms with E-state index in [9.17, 15) is 9.59 Å². The van der Waals surface area contributed by atoms with Gasteiger partial charge < -0.3 is 10.1 Å². The van der Waals surface area contributed by atoms with Crippen LogP contribution in [0.5, 0.6) is 5.75 Å². The van der Waals surface area contributed by atoms with Crippen LogP contribution in [0.15, 0.2) is 30.3 Å². The average Bonchev–Trinajstić information content (AvgIpc) is 3.15. The molecular formula is C20H26N4O3S. The molecular weight excluding hydrogens is 376 g/mol. The summed E-state index contributed by atoms with van der Waals surface area (Å²) in [6.07, 6.45) is 5.02. The predicted molar refractivity (Wildman–Crippen MR) is 111 cm³/mol. The number of benzene rings is 1. The van der Waals surface area contributed by atoms with Crippen molar-refractivity contribution in [2.45, 2.75) is 45.6 Å². The molecule has 0 aliphatic carbocycles. The van der Waals surface area contributed by atoms with E-state index in [1.54, 1.807) is 20.1 Å². The van der Waals surface area contributed by atoms with Gasteiger partial charge in [0.25, 0.3) is 0 Å². The quantitative estimate of drug-likeness (QED) is 0.625. The molecule has 1 atom stereocenters. The number of nitrogens with zero attached hydrogens (tertiary/aromatic N) is 2. The number of amides is 2. The van der Waals surface area contributed by atoms with E-state index in [1.807, 2.05) is 24.3 Å². The molecule has 150 valence electrons. The van der Waals surface area contributed by atoms with E-state index in [-0.39, 0.29) is 11.8 Å². The fraction of sp³-hybridized carbons (Fsp3) is 0.400.